The Bertz CT molecular complexity index is 307. The molecule has 0 spiro atoms. The van der Waals surface area contributed by atoms with Crippen LogP contribution in [0.5, 0.6) is 0 Å². The highest BCUT2D eigenvalue weighted by molar-refractivity contribution is 5.83. The normalized spacial score (nSPS) is 26.5. The van der Waals surface area contributed by atoms with Gasteiger partial charge in [0.2, 0.25) is 6.41 Å². The third-order valence-corrected chi connectivity index (χ3v) is 4.16. The van der Waals surface area contributed by atoms with Crippen LogP contribution in [0.1, 0.15) is 39.5 Å². The summed E-state index contributed by atoms with van der Waals surface area (Å²) in [6.07, 6.45) is 4.39. The summed E-state index contributed by atoms with van der Waals surface area (Å²) in [6.45, 7) is 3.65. The monoisotopic (exact) mass is 211 g/mol. The Morgan fingerprint density at radius 1 is 1.53 bits per heavy atom. The van der Waals surface area contributed by atoms with E-state index in [1.807, 2.05) is 6.92 Å². The van der Waals surface area contributed by atoms with Gasteiger partial charge in [0.25, 0.3) is 0 Å². The van der Waals surface area contributed by atoms with E-state index in [9.17, 15) is 14.7 Å². The van der Waals surface area contributed by atoms with Crippen LogP contribution in [-0.2, 0) is 9.59 Å². The quantitative estimate of drug-likeness (QED) is 0.696. The lowest BCUT2D eigenvalue weighted by Crippen LogP contribution is -2.58. The van der Waals surface area contributed by atoms with E-state index in [0.29, 0.717) is 0 Å². The number of carboxylic acids is 1. The van der Waals surface area contributed by atoms with Crippen LogP contribution < -0.4 is 0 Å². The van der Waals surface area contributed by atoms with Crippen molar-refractivity contribution in [3.8, 4) is 0 Å². The van der Waals surface area contributed by atoms with Crippen molar-refractivity contribution in [2.24, 2.45) is 5.41 Å². The maximum Gasteiger partial charge on any atom is 0.329 e. The van der Waals surface area contributed by atoms with Crippen LogP contribution in [-0.4, -0.2) is 34.0 Å². The van der Waals surface area contributed by atoms with Gasteiger partial charge in [0.1, 0.15) is 5.54 Å². The molecule has 0 aromatic rings. The second-order valence-electron chi connectivity index (χ2n) is 5.18. The van der Waals surface area contributed by atoms with E-state index in [2.05, 4.69) is 0 Å². The van der Waals surface area contributed by atoms with Crippen LogP contribution in [0.2, 0.25) is 0 Å². The van der Waals surface area contributed by atoms with Crippen molar-refractivity contribution in [3.63, 3.8) is 0 Å². The zero-order valence-corrected chi connectivity index (χ0v) is 9.19. The Morgan fingerprint density at radius 2 is 2.07 bits per heavy atom. The number of carboxylic acid groups (broad SMARTS) is 1. The van der Waals surface area contributed by atoms with Gasteiger partial charge in [-0.1, -0.05) is 6.92 Å². The van der Waals surface area contributed by atoms with Crippen molar-refractivity contribution in [2.45, 2.75) is 51.1 Å². The van der Waals surface area contributed by atoms with Crippen molar-refractivity contribution in [1.82, 2.24) is 4.90 Å². The van der Waals surface area contributed by atoms with Crippen LogP contribution in [0.15, 0.2) is 0 Å². The molecule has 0 heterocycles. The first-order valence-electron chi connectivity index (χ1n) is 5.43. The molecule has 2 aliphatic rings. The molecule has 1 unspecified atom stereocenters. The lowest BCUT2D eigenvalue weighted by Gasteiger charge is -2.40. The van der Waals surface area contributed by atoms with E-state index in [-0.39, 0.29) is 11.5 Å². The molecule has 15 heavy (non-hydrogen) atoms. The molecule has 0 saturated heterocycles. The second kappa shape index (κ2) is 2.97. The second-order valence-corrected chi connectivity index (χ2v) is 5.18. The summed E-state index contributed by atoms with van der Waals surface area (Å²) in [5, 5.41) is 9.39. The summed E-state index contributed by atoms with van der Waals surface area (Å²) in [6, 6.07) is 0.154. The maximum atomic E-state index is 11.4. The Morgan fingerprint density at radius 3 is 2.33 bits per heavy atom. The molecule has 2 rings (SSSR count). The SMILES string of the molecule is CC1(C(C)(C(=O)O)N(C=O)C2CC2)CC1. The van der Waals surface area contributed by atoms with Crippen molar-refractivity contribution in [3.05, 3.63) is 0 Å². The lowest BCUT2D eigenvalue weighted by molar-refractivity contribution is -0.159. The molecule has 1 amide bonds. The van der Waals surface area contributed by atoms with Gasteiger partial charge in [-0.2, -0.15) is 0 Å². The van der Waals surface area contributed by atoms with Gasteiger partial charge in [0.05, 0.1) is 0 Å². The predicted octanol–water partition coefficient (Wildman–Crippen LogP) is 1.25. The van der Waals surface area contributed by atoms with E-state index in [4.69, 9.17) is 0 Å². The van der Waals surface area contributed by atoms with E-state index in [0.717, 1.165) is 32.1 Å². The largest absolute Gasteiger partial charge is 0.479 e. The fourth-order valence-electron chi connectivity index (χ4n) is 2.26. The number of nitrogens with zero attached hydrogens (tertiary/aromatic N) is 1. The Labute approximate surface area is 89.3 Å². The number of aliphatic carboxylic acids is 1. The number of rotatable bonds is 5. The number of amides is 1. The fraction of sp³-hybridized carbons (Fsp3) is 0.818. The number of hydrogen-bond donors (Lipinski definition) is 1. The van der Waals surface area contributed by atoms with Gasteiger partial charge in [-0.15, -0.1) is 0 Å². The molecule has 4 heteroatoms. The van der Waals surface area contributed by atoms with Crippen molar-refractivity contribution < 1.29 is 14.7 Å². The smallest absolute Gasteiger partial charge is 0.329 e. The van der Waals surface area contributed by atoms with Gasteiger partial charge in [-0.25, -0.2) is 4.79 Å². The maximum absolute atomic E-state index is 11.4. The standard InChI is InChI=1S/C11H17NO3/c1-10(5-6-10)11(2,9(14)15)12(7-13)8-3-4-8/h7-8H,3-6H2,1-2H3,(H,14,15). The molecule has 2 fully saturated rings. The molecular formula is C11H17NO3. The molecule has 1 atom stereocenters. The fourth-order valence-corrected chi connectivity index (χ4v) is 2.26. The van der Waals surface area contributed by atoms with Gasteiger partial charge >= 0.3 is 5.97 Å². The molecule has 0 bridgehead atoms. The van der Waals surface area contributed by atoms with Crippen LogP contribution in [0, 0.1) is 5.41 Å². The first kappa shape index (κ1) is 10.5. The van der Waals surface area contributed by atoms with Gasteiger partial charge in [-0.3, -0.25) is 4.79 Å². The third-order valence-electron chi connectivity index (χ3n) is 4.16. The van der Waals surface area contributed by atoms with Gasteiger partial charge < -0.3 is 10.0 Å². The summed E-state index contributed by atoms with van der Waals surface area (Å²) >= 11 is 0. The number of carbonyl (C=O) groups is 2. The molecule has 0 radical (unpaired) electrons. The lowest BCUT2D eigenvalue weighted by atomic mass is 9.82. The highest BCUT2D eigenvalue weighted by Crippen LogP contribution is 2.57. The number of carbonyl (C=O) groups excluding carboxylic acids is 1. The minimum Gasteiger partial charge on any atom is -0.479 e. The average molecular weight is 211 g/mol. The average Bonchev–Trinajstić information content (AvgIpc) is 3.02. The van der Waals surface area contributed by atoms with Gasteiger partial charge in [0.15, 0.2) is 0 Å². The first-order valence-corrected chi connectivity index (χ1v) is 5.43. The minimum absolute atomic E-state index is 0.154. The molecule has 1 N–H and O–H groups in total. The molecule has 2 saturated carbocycles. The van der Waals surface area contributed by atoms with E-state index in [1.165, 1.54) is 4.90 Å². The molecule has 84 valence electrons. The Balaban J connectivity index is 2.32. The predicted molar refractivity (Wildman–Crippen MR) is 54.3 cm³/mol. The highest BCUT2D eigenvalue weighted by atomic mass is 16.4. The molecule has 0 aliphatic heterocycles. The molecule has 0 aromatic carbocycles. The number of hydrogen-bond acceptors (Lipinski definition) is 2. The van der Waals surface area contributed by atoms with Gasteiger partial charge in [0, 0.05) is 11.5 Å². The Kier molecular flexibility index (Phi) is 2.07. The zero-order chi connectivity index (χ0) is 11.3. The van der Waals surface area contributed by atoms with Crippen LogP contribution in [0.3, 0.4) is 0 Å². The Hall–Kier alpha value is -1.06. The molecule has 4 nitrogen and oxygen atoms in total. The van der Waals surface area contributed by atoms with Crippen molar-refractivity contribution >= 4 is 12.4 Å². The summed E-state index contributed by atoms with van der Waals surface area (Å²) < 4.78 is 0. The van der Waals surface area contributed by atoms with Crippen LogP contribution in [0.4, 0.5) is 0 Å². The molecule has 2 aliphatic carbocycles. The molecule has 0 aromatic heterocycles. The summed E-state index contributed by atoms with van der Waals surface area (Å²) in [5.41, 5.74) is -1.25. The molecular weight excluding hydrogens is 194 g/mol. The van der Waals surface area contributed by atoms with Crippen molar-refractivity contribution in [2.75, 3.05) is 0 Å². The topological polar surface area (TPSA) is 57.6 Å². The van der Waals surface area contributed by atoms with Gasteiger partial charge in [-0.05, 0) is 32.6 Å². The van der Waals surface area contributed by atoms with E-state index < -0.39 is 11.5 Å². The van der Waals surface area contributed by atoms with Crippen molar-refractivity contribution in [1.29, 1.82) is 0 Å². The highest BCUT2D eigenvalue weighted by Gasteiger charge is 2.62. The van der Waals surface area contributed by atoms with Crippen LogP contribution in [0.25, 0.3) is 0 Å². The first-order chi connectivity index (χ1) is 6.95. The summed E-state index contributed by atoms with van der Waals surface area (Å²) in [5.74, 6) is -0.874. The van der Waals surface area contributed by atoms with Crippen LogP contribution >= 0.6 is 0 Å². The van der Waals surface area contributed by atoms with E-state index >= 15 is 0 Å². The summed E-state index contributed by atoms with van der Waals surface area (Å²) in [7, 11) is 0. The zero-order valence-electron chi connectivity index (χ0n) is 9.19. The minimum atomic E-state index is -1.02. The van der Waals surface area contributed by atoms with E-state index in [1.54, 1.807) is 6.92 Å². The summed E-state index contributed by atoms with van der Waals surface area (Å²) in [4.78, 5) is 24.0. The third kappa shape index (κ3) is 1.34.